The summed E-state index contributed by atoms with van der Waals surface area (Å²) in [5.74, 6) is 2.48. The highest BCUT2D eigenvalue weighted by atomic mass is 16.5. The summed E-state index contributed by atoms with van der Waals surface area (Å²) in [7, 11) is 0. The number of ether oxygens (including phenoxy) is 1. The van der Waals surface area contributed by atoms with E-state index in [1.807, 2.05) is 37.3 Å². The van der Waals surface area contributed by atoms with Gasteiger partial charge in [-0.05, 0) is 50.5 Å². The van der Waals surface area contributed by atoms with E-state index in [1.165, 1.54) is 18.4 Å². The van der Waals surface area contributed by atoms with Crippen molar-refractivity contribution in [1.82, 2.24) is 9.55 Å². The maximum absolute atomic E-state index is 10.5. The van der Waals surface area contributed by atoms with Gasteiger partial charge >= 0.3 is 0 Å². The van der Waals surface area contributed by atoms with Gasteiger partial charge in [-0.2, -0.15) is 0 Å². The summed E-state index contributed by atoms with van der Waals surface area (Å²) in [6.45, 7) is 4.89. The Hall–Kier alpha value is -2.33. The largest absolute Gasteiger partial charge is 0.491 e. The van der Waals surface area contributed by atoms with Crippen molar-refractivity contribution >= 4 is 11.0 Å². The second kappa shape index (κ2) is 6.52. The molecule has 1 saturated carbocycles. The summed E-state index contributed by atoms with van der Waals surface area (Å²) >= 11 is 0. The fraction of sp³-hybridized carbons (Fsp3) is 0.381. The molecule has 4 heteroatoms. The molecule has 4 rings (SSSR count). The molecule has 2 aromatic carbocycles. The number of benzene rings is 2. The molecule has 0 aliphatic heterocycles. The fourth-order valence-electron chi connectivity index (χ4n) is 3.35. The molecule has 0 radical (unpaired) electrons. The maximum Gasteiger partial charge on any atom is 0.122 e. The van der Waals surface area contributed by atoms with Crippen LogP contribution in [0.5, 0.6) is 5.75 Å². The molecule has 1 aliphatic carbocycles. The molecule has 1 atom stereocenters. The molecule has 1 aliphatic rings. The number of para-hydroxylation sites is 2. The monoisotopic (exact) mass is 336 g/mol. The SMILES string of the molecule is Cc1ccc(OC[C@@H](O)Cn2c(C3CC3)nc3ccccc32)c(C)c1. The first-order chi connectivity index (χ1) is 12.1. The molecule has 0 amide bonds. The number of aliphatic hydroxyl groups is 1. The highest BCUT2D eigenvalue weighted by Gasteiger charge is 2.30. The van der Waals surface area contributed by atoms with E-state index in [4.69, 9.17) is 9.72 Å². The average molecular weight is 336 g/mol. The number of fused-ring (bicyclic) bond motifs is 1. The van der Waals surface area contributed by atoms with Gasteiger partial charge in [0.1, 0.15) is 24.3 Å². The Morgan fingerprint density at radius 2 is 2.00 bits per heavy atom. The lowest BCUT2D eigenvalue weighted by molar-refractivity contribution is 0.0924. The number of hydrogen-bond acceptors (Lipinski definition) is 3. The molecule has 0 spiro atoms. The van der Waals surface area contributed by atoms with Crippen LogP contribution in [-0.4, -0.2) is 27.4 Å². The summed E-state index contributed by atoms with van der Waals surface area (Å²) in [4.78, 5) is 4.78. The van der Waals surface area contributed by atoms with E-state index in [1.54, 1.807) is 0 Å². The molecule has 0 bridgehead atoms. The van der Waals surface area contributed by atoms with Gasteiger partial charge in [0.2, 0.25) is 0 Å². The van der Waals surface area contributed by atoms with Gasteiger partial charge < -0.3 is 14.4 Å². The first-order valence-corrected chi connectivity index (χ1v) is 8.95. The van der Waals surface area contributed by atoms with Crippen LogP contribution in [0.4, 0.5) is 0 Å². The zero-order valence-corrected chi connectivity index (χ0v) is 14.8. The van der Waals surface area contributed by atoms with Crippen LogP contribution in [0.2, 0.25) is 0 Å². The molecular formula is C21H24N2O2. The Balaban J connectivity index is 1.50. The van der Waals surface area contributed by atoms with Crippen molar-refractivity contribution in [3.8, 4) is 5.75 Å². The van der Waals surface area contributed by atoms with Crippen LogP contribution < -0.4 is 4.74 Å². The van der Waals surface area contributed by atoms with Gasteiger partial charge in [0.05, 0.1) is 17.6 Å². The van der Waals surface area contributed by atoms with E-state index in [9.17, 15) is 5.11 Å². The zero-order chi connectivity index (χ0) is 17.4. The van der Waals surface area contributed by atoms with Crippen molar-refractivity contribution in [2.45, 2.75) is 45.3 Å². The van der Waals surface area contributed by atoms with Crippen LogP contribution in [-0.2, 0) is 6.54 Å². The van der Waals surface area contributed by atoms with Gasteiger partial charge in [0, 0.05) is 5.92 Å². The second-order valence-electron chi connectivity index (χ2n) is 7.08. The number of imidazole rings is 1. The molecule has 3 aromatic rings. The molecule has 1 heterocycles. The molecule has 0 saturated heterocycles. The van der Waals surface area contributed by atoms with Crippen LogP contribution in [0.3, 0.4) is 0 Å². The first-order valence-electron chi connectivity index (χ1n) is 8.95. The van der Waals surface area contributed by atoms with E-state index >= 15 is 0 Å². The van der Waals surface area contributed by atoms with Crippen molar-refractivity contribution in [2.24, 2.45) is 0 Å². The van der Waals surface area contributed by atoms with E-state index in [0.29, 0.717) is 12.5 Å². The van der Waals surface area contributed by atoms with Crippen LogP contribution >= 0.6 is 0 Å². The second-order valence-corrected chi connectivity index (χ2v) is 7.08. The third-order valence-corrected chi connectivity index (χ3v) is 4.78. The number of nitrogens with zero attached hydrogens (tertiary/aromatic N) is 2. The van der Waals surface area contributed by atoms with E-state index in [0.717, 1.165) is 28.2 Å². The van der Waals surface area contributed by atoms with Crippen LogP contribution in [0.15, 0.2) is 42.5 Å². The van der Waals surface area contributed by atoms with E-state index < -0.39 is 6.10 Å². The van der Waals surface area contributed by atoms with Gasteiger partial charge in [-0.15, -0.1) is 0 Å². The molecule has 4 nitrogen and oxygen atoms in total. The quantitative estimate of drug-likeness (QED) is 0.741. The number of rotatable bonds is 6. The highest BCUT2D eigenvalue weighted by Crippen LogP contribution is 2.40. The average Bonchev–Trinajstić information content (AvgIpc) is 3.37. The Kier molecular flexibility index (Phi) is 4.22. The Labute approximate surface area is 148 Å². The summed E-state index contributed by atoms with van der Waals surface area (Å²) < 4.78 is 8.02. The molecule has 1 fully saturated rings. The summed E-state index contributed by atoms with van der Waals surface area (Å²) in [6, 6.07) is 14.2. The lowest BCUT2D eigenvalue weighted by atomic mass is 10.1. The number of aryl methyl sites for hydroxylation is 2. The molecular weight excluding hydrogens is 312 g/mol. The molecule has 1 aromatic heterocycles. The summed E-state index contributed by atoms with van der Waals surface area (Å²) in [5.41, 5.74) is 4.41. The molecule has 25 heavy (non-hydrogen) atoms. The van der Waals surface area contributed by atoms with Crippen molar-refractivity contribution in [3.05, 3.63) is 59.4 Å². The van der Waals surface area contributed by atoms with Crippen molar-refractivity contribution < 1.29 is 9.84 Å². The van der Waals surface area contributed by atoms with Gasteiger partial charge in [0.15, 0.2) is 0 Å². The normalized spacial score (nSPS) is 15.5. The van der Waals surface area contributed by atoms with Crippen molar-refractivity contribution in [2.75, 3.05) is 6.61 Å². The fourth-order valence-corrected chi connectivity index (χ4v) is 3.35. The number of aromatic nitrogens is 2. The van der Waals surface area contributed by atoms with E-state index in [2.05, 4.69) is 23.6 Å². The summed E-state index contributed by atoms with van der Waals surface area (Å²) in [5, 5.41) is 10.5. The van der Waals surface area contributed by atoms with Gasteiger partial charge in [-0.25, -0.2) is 4.98 Å². The predicted molar refractivity (Wildman–Crippen MR) is 99.1 cm³/mol. The van der Waals surface area contributed by atoms with Crippen molar-refractivity contribution in [3.63, 3.8) is 0 Å². The van der Waals surface area contributed by atoms with E-state index in [-0.39, 0.29) is 6.61 Å². The number of aliphatic hydroxyl groups excluding tert-OH is 1. The van der Waals surface area contributed by atoms with Crippen LogP contribution in [0, 0.1) is 13.8 Å². The third kappa shape index (κ3) is 3.40. The standard InChI is InChI=1S/C21H24N2O2/c1-14-7-10-20(15(2)11-14)25-13-17(24)12-23-19-6-4-3-5-18(19)22-21(23)16-8-9-16/h3-7,10-11,16-17,24H,8-9,12-13H2,1-2H3/t17-/m0/s1. The third-order valence-electron chi connectivity index (χ3n) is 4.78. The topological polar surface area (TPSA) is 47.3 Å². The predicted octanol–water partition coefficient (Wildman–Crippen LogP) is 3.97. The molecule has 0 unspecified atom stereocenters. The van der Waals surface area contributed by atoms with Crippen molar-refractivity contribution in [1.29, 1.82) is 0 Å². The Bertz CT molecular complexity index is 896. The zero-order valence-electron chi connectivity index (χ0n) is 14.8. The highest BCUT2D eigenvalue weighted by molar-refractivity contribution is 5.76. The first kappa shape index (κ1) is 16.2. The molecule has 1 N–H and O–H groups in total. The Morgan fingerprint density at radius 1 is 1.20 bits per heavy atom. The maximum atomic E-state index is 10.5. The number of hydrogen-bond donors (Lipinski definition) is 1. The smallest absolute Gasteiger partial charge is 0.122 e. The molecule has 130 valence electrons. The Morgan fingerprint density at radius 3 is 2.76 bits per heavy atom. The minimum Gasteiger partial charge on any atom is -0.491 e. The minimum atomic E-state index is -0.573. The minimum absolute atomic E-state index is 0.278. The van der Waals surface area contributed by atoms with Crippen LogP contribution in [0.1, 0.15) is 35.7 Å². The summed E-state index contributed by atoms with van der Waals surface area (Å²) in [6.07, 6.45) is 1.81. The van der Waals surface area contributed by atoms with Gasteiger partial charge in [0.25, 0.3) is 0 Å². The lowest BCUT2D eigenvalue weighted by Gasteiger charge is -2.16. The van der Waals surface area contributed by atoms with Crippen LogP contribution in [0.25, 0.3) is 11.0 Å². The van der Waals surface area contributed by atoms with Gasteiger partial charge in [-0.1, -0.05) is 29.8 Å². The van der Waals surface area contributed by atoms with Gasteiger partial charge in [-0.3, -0.25) is 0 Å². The lowest BCUT2D eigenvalue weighted by Crippen LogP contribution is -2.24.